The van der Waals surface area contributed by atoms with Gasteiger partial charge in [-0.25, -0.2) is 8.78 Å². The third kappa shape index (κ3) is 2.16. The van der Waals surface area contributed by atoms with Gasteiger partial charge in [-0.1, -0.05) is 18.2 Å². The second-order valence-electron chi connectivity index (χ2n) is 4.18. The van der Waals surface area contributed by atoms with Gasteiger partial charge < -0.3 is 0 Å². The van der Waals surface area contributed by atoms with Crippen LogP contribution in [-0.2, 0) is 0 Å². The van der Waals surface area contributed by atoms with E-state index in [1.165, 1.54) is 18.2 Å². The maximum Gasteiger partial charge on any atom is 0.149 e. The first-order chi connectivity index (χ1) is 8.52. The third-order valence-corrected chi connectivity index (χ3v) is 2.80. The number of aromatic nitrogens is 1. The van der Waals surface area contributed by atoms with Crippen molar-refractivity contribution in [1.82, 2.24) is 4.98 Å². The van der Waals surface area contributed by atoms with Gasteiger partial charge in [0, 0.05) is 16.8 Å². The van der Waals surface area contributed by atoms with Crippen molar-refractivity contribution in [3.05, 3.63) is 59.4 Å². The van der Waals surface area contributed by atoms with Gasteiger partial charge in [-0.15, -0.1) is 0 Å². The van der Waals surface area contributed by atoms with E-state index in [0.717, 1.165) is 5.56 Å². The molecule has 1 aromatic heterocycles. The second-order valence-corrected chi connectivity index (χ2v) is 4.18. The Morgan fingerprint density at radius 3 is 2.44 bits per heavy atom. The van der Waals surface area contributed by atoms with Gasteiger partial charge in [0.15, 0.2) is 0 Å². The molecule has 0 N–H and O–H groups in total. The van der Waals surface area contributed by atoms with Gasteiger partial charge in [-0.05, 0) is 38.1 Å². The lowest BCUT2D eigenvalue weighted by atomic mass is 10.0. The summed E-state index contributed by atoms with van der Waals surface area (Å²) in [6, 6.07) is 6.04. The number of benzene rings is 1. The highest BCUT2D eigenvalue weighted by Gasteiger charge is 2.12. The minimum absolute atomic E-state index is 0.185. The van der Waals surface area contributed by atoms with E-state index < -0.39 is 5.82 Å². The van der Waals surface area contributed by atoms with E-state index in [9.17, 15) is 8.78 Å². The van der Waals surface area contributed by atoms with Crippen molar-refractivity contribution in [2.45, 2.75) is 13.8 Å². The summed E-state index contributed by atoms with van der Waals surface area (Å²) in [5.74, 6) is -0.872. The van der Waals surface area contributed by atoms with Crippen molar-refractivity contribution in [3.8, 4) is 11.1 Å². The number of halogens is 2. The van der Waals surface area contributed by atoms with Crippen LogP contribution in [0.1, 0.15) is 17.0 Å². The van der Waals surface area contributed by atoms with Crippen LogP contribution in [0, 0.1) is 25.5 Å². The third-order valence-electron chi connectivity index (χ3n) is 2.80. The van der Waals surface area contributed by atoms with Gasteiger partial charge in [0.2, 0.25) is 0 Å². The predicted molar refractivity (Wildman–Crippen MR) is 69.2 cm³/mol. The molecule has 0 amide bonds. The summed E-state index contributed by atoms with van der Waals surface area (Å²) in [6.07, 6.45) is 1.35. The van der Waals surface area contributed by atoms with Crippen molar-refractivity contribution in [1.29, 1.82) is 0 Å². The zero-order chi connectivity index (χ0) is 13.3. The lowest BCUT2D eigenvalue weighted by Crippen LogP contribution is -1.97. The van der Waals surface area contributed by atoms with Crippen LogP contribution in [0.25, 0.3) is 17.2 Å². The molecule has 0 saturated heterocycles. The Labute approximate surface area is 105 Å². The SMILES string of the molecule is C=Cc1nc(C)c(-c2cc(C)ccc2F)cc1F. The molecular weight excluding hydrogens is 232 g/mol. The fourth-order valence-corrected chi connectivity index (χ4v) is 1.86. The summed E-state index contributed by atoms with van der Waals surface area (Å²) < 4.78 is 27.5. The first-order valence-electron chi connectivity index (χ1n) is 5.59. The molecule has 1 aromatic carbocycles. The Kier molecular flexibility index (Phi) is 3.24. The van der Waals surface area contributed by atoms with Crippen LogP contribution in [0.2, 0.25) is 0 Å². The highest BCUT2D eigenvalue weighted by atomic mass is 19.1. The molecule has 0 bridgehead atoms. The first-order valence-corrected chi connectivity index (χ1v) is 5.59. The molecule has 0 spiro atoms. The van der Waals surface area contributed by atoms with Crippen LogP contribution in [0.5, 0.6) is 0 Å². The zero-order valence-electron chi connectivity index (χ0n) is 10.3. The Morgan fingerprint density at radius 1 is 1.06 bits per heavy atom. The first kappa shape index (κ1) is 12.4. The minimum Gasteiger partial charge on any atom is -0.250 e. The molecule has 0 aliphatic rings. The average Bonchev–Trinajstić information content (AvgIpc) is 2.35. The Balaban J connectivity index is 2.67. The van der Waals surface area contributed by atoms with Crippen molar-refractivity contribution in [2.24, 2.45) is 0 Å². The Morgan fingerprint density at radius 2 is 1.78 bits per heavy atom. The van der Waals surface area contributed by atoms with E-state index in [2.05, 4.69) is 11.6 Å². The van der Waals surface area contributed by atoms with Crippen LogP contribution in [0.15, 0.2) is 30.8 Å². The summed E-state index contributed by atoms with van der Waals surface area (Å²) in [5, 5.41) is 0. The summed E-state index contributed by atoms with van der Waals surface area (Å²) in [5.41, 5.74) is 2.52. The fraction of sp³-hybridized carbons (Fsp3) is 0.133. The lowest BCUT2D eigenvalue weighted by Gasteiger charge is -2.09. The van der Waals surface area contributed by atoms with Crippen LogP contribution < -0.4 is 0 Å². The highest BCUT2D eigenvalue weighted by Crippen LogP contribution is 2.27. The van der Waals surface area contributed by atoms with Crippen LogP contribution >= 0.6 is 0 Å². The molecule has 3 heteroatoms. The standard InChI is InChI=1S/C15H13F2N/c1-4-15-14(17)8-11(10(3)18-15)12-7-9(2)5-6-13(12)16/h4-8H,1H2,2-3H3. The van der Waals surface area contributed by atoms with Crippen molar-refractivity contribution >= 4 is 6.08 Å². The van der Waals surface area contributed by atoms with Gasteiger partial charge in [0.25, 0.3) is 0 Å². The molecule has 1 nitrogen and oxygen atoms in total. The van der Waals surface area contributed by atoms with E-state index in [1.54, 1.807) is 19.1 Å². The Bertz CT molecular complexity index is 618. The summed E-state index contributed by atoms with van der Waals surface area (Å²) >= 11 is 0. The number of hydrogen-bond acceptors (Lipinski definition) is 1. The van der Waals surface area contributed by atoms with Crippen LogP contribution in [-0.4, -0.2) is 4.98 Å². The molecule has 1 heterocycles. The molecule has 0 unspecified atom stereocenters. The molecule has 0 radical (unpaired) electrons. The largest absolute Gasteiger partial charge is 0.250 e. The van der Waals surface area contributed by atoms with E-state index >= 15 is 0 Å². The van der Waals surface area contributed by atoms with Crippen LogP contribution in [0.3, 0.4) is 0 Å². The van der Waals surface area contributed by atoms with E-state index in [-0.39, 0.29) is 11.5 Å². The topological polar surface area (TPSA) is 12.9 Å². The quantitative estimate of drug-likeness (QED) is 0.769. The number of aryl methyl sites for hydroxylation is 2. The van der Waals surface area contributed by atoms with Crippen molar-refractivity contribution in [2.75, 3.05) is 0 Å². The number of pyridine rings is 1. The number of nitrogens with zero attached hydrogens (tertiary/aromatic N) is 1. The van der Waals surface area contributed by atoms with Crippen molar-refractivity contribution in [3.63, 3.8) is 0 Å². The van der Waals surface area contributed by atoms with Crippen molar-refractivity contribution < 1.29 is 8.78 Å². The molecular formula is C15H13F2N. The van der Waals surface area contributed by atoms with Gasteiger partial charge >= 0.3 is 0 Å². The molecule has 0 aliphatic heterocycles. The molecule has 0 aliphatic carbocycles. The zero-order valence-corrected chi connectivity index (χ0v) is 10.3. The van der Waals surface area contributed by atoms with E-state index in [1.807, 2.05) is 6.92 Å². The minimum atomic E-state index is -0.494. The predicted octanol–water partition coefficient (Wildman–Crippen LogP) is 4.29. The number of hydrogen-bond donors (Lipinski definition) is 0. The molecule has 2 rings (SSSR count). The monoisotopic (exact) mass is 245 g/mol. The summed E-state index contributed by atoms with van der Waals surface area (Å²) in [4.78, 5) is 4.08. The van der Waals surface area contributed by atoms with Gasteiger partial charge in [-0.3, -0.25) is 4.98 Å². The van der Waals surface area contributed by atoms with Crippen LogP contribution in [0.4, 0.5) is 8.78 Å². The molecule has 0 atom stereocenters. The summed E-state index contributed by atoms with van der Waals surface area (Å²) in [6.45, 7) is 7.08. The molecule has 0 saturated carbocycles. The van der Waals surface area contributed by atoms with Gasteiger partial charge in [-0.2, -0.15) is 0 Å². The van der Waals surface area contributed by atoms with Gasteiger partial charge in [0.05, 0.1) is 5.69 Å². The highest BCUT2D eigenvalue weighted by molar-refractivity contribution is 5.68. The smallest absolute Gasteiger partial charge is 0.149 e. The normalized spacial score (nSPS) is 10.4. The molecule has 18 heavy (non-hydrogen) atoms. The average molecular weight is 245 g/mol. The summed E-state index contributed by atoms with van der Waals surface area (Å²) in [7, 11) is 0. The lowest BCUT2D eigenvalue weighted by molar-refractivity contribution is 0.615. The van der Waals surface area contributed by atoms with E-state index in [0.29, 0.717) is 16.8 Å². The molecule has 2 aromatic rings. The number of rotatable bonds is 2. The maximum absolute atomic E-state index is 13.8. The molecule has 0 fully saturated rings. The molecule has 92 valence electrons. The maximum atomic E-state index is 13.8. The second kappa shape index (κ2) is 4.69. The van der Waals surface area contributed by atoms with E-state index in [4.69, 9.17) is 0 Å². The van der Waals surface area contributed by atoms with Gasteiger partial charge in [0.1, 0.15) is 11.6 Å². The Hall–Kier alpha value is -2.03. The fourth-order valence-electron chi connectivity index (χ4n) is 1.86.